The number of nitrogens with one attached hydrogen (secondary N) is 1. The van der Waals surface area contributed by atoms with Crippen LogP contribution in [0.3, 0.4) is 0 Å². The van der Waals surface area contributed by atoms with Crippen LogP contribution >= 0.6 is 0 Å². The molecule has 120 valence electrons. The van der Waals surface area contributed by atoms with Gasteiger partial charge in [-0.3, -0.25) is 4.79 Å². The van der Waals surface area contributed by atoms with Crippen LogP contribution in [-0.4, -0.2) is 24.9 Å². The number of hydrogen-bond acceptors (Lipinski definition) is 3. The SMILES string of the molecule is CC(CNC(=O)CO/N=C(\N)c1ccccc1)c1ccccc1. The molecule has 0 saturated carbocycles. The molecule has 2 aromatic carbocycles. The molecule has 1 atom stereocenters. The van der Waals surface area contributed by atoms with Crippen molar-refractivity contribution in [2.75, 3.05) is 13.2 Å². The summed E-state index contributed by atoms with van der Waals surface area (Å²) in [5.41, 5.74) is 7.71. The van der Waals surface area contributed by atoms with Crippen LogP contribution in [-0.2, 0) is 9.63 Å². The fourth-order valence-electron chi connectivity index (χ4n) is 2.04. The topological polar surface area (TPSA) is 76.7 Å². The van der Waals surface area contributed by atoms with Gasteiger partial charge in [0.1, 0.15) is 0 Å². The minimum Gasteiger partial charge on any atom is -0.384 e. The Morgan fingerprint density at radius 2 is 1.74 bits per heavy atom. The van der Waals surface area contributed by atoms with Gasteiger partial charge < -0.3 is 15.9 Å². The lowest BCUT2D eigenvalue weighted by Gasteiger charge is -2.12. The third-order valence-electron chi connectivity index (χ3n) is 3.40. The number of amidine groups is 1. The number of rotatable bonds is 7. The second-order valence-corrected chi connectivity index (χ2v) is 5.23. The number of oxime groups is 1. The van der Waals surface area contributed by atoms with Crippen molar-refractivity contribution in [2.45, 2.75) is 12.8 Å². The fourth-order valence-corrected chi connectivity index (χ4v) is 2.04. The molecule has 2 aromatic rings. The van der Waals surface area contributed by atoms with E-state index in [1.54, 1.807) is 0 Å². The molecule has 0 fully saturated rings. The second-order valence-electron chi connectivity index (χ2n) is 5.23. The number of nitrogens with zero attached hydrogens (tertiary/aromatic N) is 1. The molecule has 0 aliphatic rings. The minimum atomic E-state index is -0.225. The summed E-state index contributed by atoms with van der Waals surface area (Å²) in [4.78, 5) is 16.8. The Hall–Kier alpha value is -2.82. The summed E-state index contributed by atoms with van der Waals surface area (Å²) in [6, 6.07) is 19.3. The summed E-state index contributed by atoms with van der Waals surface area (Å²) < 4.78 is 0. The number of carbonyl (C=O) groups excluding carboxylic acids is 1. The van der Waals surface area contributed by atoms with Gasteiger partial charge in [-0.15, -0.1) is 0 Å². The van der Waals surface area contributed by atoms with Crippen LogP contribution in [0.5, 0.6) is 0 Å². The number of benzene rings is 2. The maximum absolute atomic E-state index is 11.8. The van der Waals surface area contributed by atoms with Crippen molar-refractivity contribution in [3.63, 3.8) is 0 Å². The summed E-state index contributed by atoms with van der Waals surface area (Å²) in [6.07, 6.45) is 0. The van der Waals surface area contributed by atoms with Gasteiger partial charge in [-0.1, -0.05) is 72.7 Å². The van der Waals surface area contributed by atoms with Gasteiger partial charge in [0.15, 0.2) is 12.4 Å². The predicted octanol–water partition coefficient (Wildman–Crippen LogP) is 2.24. The number of hydrogen-bond donors (Lipinski definition) is 2. The Balaban J connectivity index is 1.73. The molecule has 0 aromatic heterocycles. The molecule has 23 heavy (non-hydrogen) atoms. The van der Waals surface area contributed by atoms with Gasteiger partial charge in [-0.2, -0.15) is 0 Å². The first-order valence-electron chi connectivity index (χ1n) is 7.49. The highest BCUT2D eigenvalue weighted by atomic mass is 16.6. The monoisotopic (exact) mass is 311 g/mol. The van der Waals surface area contributed by atoms with Crippen molar-refractivity contribution < 1.29 is 9.63 Å². The van der Waals surface area contributed by atoms with Crippen LogP contribution in [0.15, 0.2) is 65.8 Å². The smallest absolute Gasteiger partial charge is 0.260 e. The lowest BCUT2D eigenvalue weighted by molar-refractivity contribution is -0.125. The first kappa shape index (κ1) is 16.5. The molecule has 0 aliphatic carbocycles. The summed E-state index contributed by atoms with van der Waals surface area (Å²) in [6.45, 7) is 2.45. The van der Waals surface area contributed by atoms with Crippen molar-refractivity contribution in [3.8, 4) is 0 Å². The van der Waals surface area contributed by atoms with Crippen molar-refractivity contribution in [3.05, 3.63) is 71.8 Å². The van der Waals surface area contributed by atoms with Crippen molar-refractivity contribution in [1.82, 2.24) is 5.32 Å². The van der Waals surface area contributed by atoms with E-state index >= 15 is 0 Å². The third-order valence-corrected chi connectivity index (χ3v) is 3.40. The van der Waals surface area contributed by atoms with Gasteiger partial charge >= 0.3 is 0 Å². The molecule has 2 rings (SSSR count). The molecule has 5 heteroatoms. The zero-order valence-corrected chi connectivity index (χ0v) is 13.1. The van der Waals surface area contributed by atoms with Crippen LogP contribution in [0, 0.1) is 0 Å². The van der Waals surface area contributed by atoms with Crippen LogP contribution in [0.1, 0.15) is 24.0 Å². The number of amides is 1. The van der Waals surface area contributed by atoms with Gasteiger partial charge in [0.05, 0.1) is 0 Å². The summed E-state index contributed by atoms with van der Waals surface area (Å²) in [7, 11) is 0. The first-order valence-corrected chi connectivity index (χ1v) is 7.49. The maximum atomic E-state index is 11.8. The van der Waals surface area contributed by atoms with E-state index < -0.39 is 0 Å². The van der Waals surface area contributed by atoms with E-state index in [0.29, 0.717) is 6.54 Å². The highest BCUT2D eigenvalue weighted by molar-refractivity contribution is 5.97. The fraction of sp³-hybridized carbons (Fsp3) is 0.222. The summed E-state index contributed by atoms with van der Waals surface area (Å²) >= 11 is 0. The molecule has 0 aliphatic heterocycles. The van der Waals surface area contributed by atoms with E-state index in [1.165, 1.54) is 5.56 Å². The van der Waals surface area contributed by atoms with Gasteiger partial charge in [-0.25, -0.2) is 0 Å². The molecule has 0 spiro atoms. The molecule has 3 N–H and O–H groups in total. The Morgan fingerprint density at radius 3 is 2.39 bits per heavy atom. The normalized spacial score (nSPS) is 12.5. The molecule has 0 saturated heterocycles. The average molecular weight is 311 g/mol. The summed E-state index contributed by atoms with van der Waals surface area (Å²) in [5, 5.41) is 6.57. The van der Waals surface area contributed by atoms with Crippen LogP contribution < -0.4 is 11.1 Å². The minimum absolute atomic E-state index is 0.158. The zero-order valence-electron chi connectivity index (χ0n) is 13.1. The molecular weight excluding hydrogens is 290 g/mol. The summed E-state index contributed by atoms with van der Waals surface area (Å²) in [5.74, 6) is 0.256. The van der Waals surface area contributed by atoms with Crippen LogP contribution in [0.2, 0.25) is 0 Å². The second kappa shape index (κ2) is 8.58. The molecule has 5 nitrogen and oxygen atoms in total. The first-order chi connectivity index (χ1) is 11.2. The predicted molar refractivity (Wildman–Crippen MR) is 91.0 cm³/mol. The van der Waals surface area contributed by atoms with E-state index in [2.05, 4.69) is 17.4 Å². The van der Waals surface area contributed by atoms with Gasteiger partial charge in [-0.05, 0) is 11.5 Å². The van der Waals surface area contributed by atoms with E-state index in [4.69, 9.17) is 10.6 Å². The van der Waals surface area contributed by atoms with Crippen LogP contribution in [0.4, 0.5) is 0 Å². The Labute approximate surface area is 136 Å². The van der Waals surface area contributed by atoms with Gasteiger partial charge in [0.2, 0.25) is 0 Å². The highest BCUT2D eigenvalue weighted by Crippen LogP contribution is 2.12. The molecule has 1 amide bonds. The highest BCUT2D eigenvalue weighted by Gasteiger charge is 2.08. The van der Waals surface area contributed by atoms with Crippen molar-refractivity contribution in [1.29, 1.82) is 0 Å². The lowest BCUT2D eigenvalue weighted by Crippen LogP contribution is -2.30. The Morgan fingerprint density at radius 1 is 1.13 bits per heavy atom. The molecule has 0 radical (unpaired) electrons. The quantitative estimate of drug-likeness (QED) is 0.468. The Bertz CT molecular complexity index is 642. The van der Waals surface area contributed by atoms with E-state index in [9.17, 15) is 4.79 Å². The van der Waals surface area contributed by atoms with Crippen molar-refractivity contribution in [2.24, 2.45) is 10.9 Å². The lowest BCUT2D eigenvalue weighted by atomic mass is 10.0. The average Bonchev–Trinajstić information content (AvgIpc) is 2.61. The van der Waals surface area contributed by atoms with E-state index in [-0.39, 0.29) is 24.3 Å². The standard InChI is InChI=1S/C18H21N3O2/c1-14(15-8-4-2-5-9-15)12-20-17(22)13-23-21-18(19)16-10-6-3-7-11-16/h2-11,14H,12-13H2,1H3,(H2,19,21)(H,20,22). The largest absolute Gasteiger partial charge is 0.384 e. The molecule has 0 bridgehead atoms. The van der Waals surface area contributed by atoms with Gasteiger partial charge in [0, 0.05) is 12.1 Å². The van der Waals surface area contributed by atoms with Gasteiger partial charge in [0.25, 0.3) is 5.91 Å². The zero-order chi connectivity index (χ0) is 16.5. The van der Waals surface area contributed by atoms with E-state index in [0.717, 1.165) is 5.56 Å². The van der Waals surface area contributed by atoms with E-state index in [1.807, 2.05) is 60.7 Å². The number of nitrogens with two attached hydrogens (primary N) is 1. The van der Waals surface area contributed by atoms with Crippen LogP contribution in [0.25, 0.3) is 0 Å². The molecule has 1 unspecified atom stereocenters. The van der Waals surface area contributed by atoms with Crippen molar-refractivity contribution >= 4 is 11.7 Å². The third kappa shape index (κ3) is 5.47. The molecular formula is C18H21N3O2. The maximum Gasteiger partial charge on any atom is 0.260 e. The molecule has 0 heterocycles. The number of carbonyl (C=O) groups is 1. The Kier molecular flexibility index (Phi) is 6.17.